The quantitative estimate of drug-likeness (QED) is 0.541. The summed E-state index contributed by atoms with van der Waals surface area (Å²) in [5.74, 6) is -0.381. The lowest BCUT2D eigenvalue weighted by atomic mass is 10.1. The molecule has 31 heavy (non-hydrogen) atoms. The third kappa shape index (κ3) is 5.42. The number of amides is 1. The molecule has 0 spiro atoms. The second-order valence-electron chi connectivity index (χ2n) is 7.28. The number of hydrogen-bond donors (Lipinski definition) is 2. The molecule has 2 aromatic carbocycles. The molecule has 2 aliphatic rings. The van der Waals surface area contributed by atoms with E-state index in [1.54, 1.807) is 18.2 Å². The first-order chi connectivity index (χ1) is 15.1. The zero-order valence-electron chi connectivity index (χ0n) is 16.7. The van der Waals surface area contributed by atoms with Crippen molar-refractivity contribution >= 4 is 18.1 Å². The van der Waals surface area contributed by atoms with E-state index in [2.05, 4.69) is 5.32 Å². The fraction of sp³-hybridized carbons (Fsp3) is 0.304. The van der Waals surface area contributed by atoms with Gasteiger partial charge in [0.25, 0.3) is 0 Å². The maximum atomic E-state index is 12.1. The average Bonchev–Trinajstić information content (AvgIpc) is 3.36. The van der Waals surface area contributed by atoms with Gasteiger partial charge in [-0.05, 0) is 29.3 Å². The molecule has 4 atom stereocenters. The summed E-state index contributed by atoms with van der Waals surface area (Å²) in [5, 5.41) is 12.0. The van der Waals surface area contributed by atoms with Crippen LogP contribution in [0.5, 0.6) is 5.75 Å². The maximum absolute atomic E-state index is 12.1. The van der Waals surface area contributed by atoms with Crippen LogP contribution in [0.1, 0.15) is 11.1 Å². The van der Waals surface area contributed by atoms with Crippen molar-refractivity contribution in [1.82, 2.24) is 5.32 Å². The Morgan fingerprint density at radius 3 is 2.29 bits per heavy atom. The van der Waals surface area contributed by atoms with Crippen molar-refractivity contribution in [2.45, 2.75) is 31.0 Å². The van der Waals surface area contributed by atoms with Crippen molar-refractivity contribution in [1.29, 1.82) is 0 Å². The molecule has 8 heteroatoms. The van der Waals surface area contributed by atoms with E-state index < -0.39 is 36.5 Å². The van der Waals surface area contributed by atoms with Gasteiger partial charge < -0.3 is 29.4 Å². The molecular formula is C23H23NO7. The molecule has 1 amide bonds. The van der Waals surface area contributed by atoms with Gasteiger partial charge in [-0.15, -0.1) is 0 Å². The van der Waals surface area contributed by atoms with Gasteiger partial charge in [-0.1, -0.05) is 42.5 Å². The van der Waals surface area contributed by atoms with Gasteiger partial charge in [0.1, 0.15) is 18.0 Å². The molecule has 2 aromatic rings. The highest BCUT2D eigenvalue weighted by molar-refractivity contribution is 5.87. The summed E-state index contributed by atoms with van der Waals surface area (Å²) in [7, 11) is 0. The van der Waals surface area contributed by atoms with Crippen LogP contribution in [0.25, 0.3) is 6.08 Å². The number of rotatable bonds is 6. The average molecular weight is 425 g/mol. The summed E-state index contributed by atoms with van der Waals surface area (Å²) in [6.07, 6.45) is 0.214. The fourth-order valence-electron chi connectivity index (χ4n) is 3.52. The summed E-state index contributed by atoms with van der Waals surface area (Å²) in [5.41, 5.74) is 1.71. The van der Waals surface area contributed by atoms with Crippen LogP contribution in [-0.2, 0) is 30.3 Å². The molecule has 0 bridgehead atoms. The van der Waals surface area contributed by atoms with E-state index in [1.807, 2.05) is 30.3 Å². The van der Waals surface area contributed by atoms with Gasteiger partial charge in [0.05, 0.1) is 13.2 Å². The van der Waals surface area contributed by atoms with Gasteiger partial charge in [0.2, 0.25) is 0 Å². The molecule has 4 rings (SSSR count). The first kappa shape index (κ1) is 20.9. The first-order valence-corrected chi connectivity index (χ1v) is 9.98. The highest BCUT2D eigenvalue weighted by Gasteiger charge is 2.51. The molecule has 2 heterocycles. The van der Waals surface area contributed by atoms with Crippen LogP contribution in [0.2, 0.25) is 0 Å². The fourth-order valence-corrected chi connectivity index (χ4v) is 3.52. The lowest BCUT2D eigenvalue weighted by molar-refractivity contribution is -0.147. The molecule has 8 nitrogen and oxygen atoms in total. The van der Waals surface area contributed by atoms with E-state index in [-0.39, 0.29) is 19.0 Å². The first-order valence-electron chi connectivity index (χ1n) is 9.98. The monoisotopic (exact) mass is 425 g/mol. The predicted octanol–water partition coefficient (Wildman–Crippen LogP) is 2.41. The van der Waals surface area contributed by atoms with Crippen molar-refractivity contribution in [2.75, 3.05) is 13.2 Å². The second kappa shape index (κ2) is 9.63. The predicted molar refractivity (Wildman–Crippen MR) is 110 cm³/mol. The molecule has 2 fully saturated rings. The Morgan fingerprint density at radius 1 is 0.968 bits per heavy atom. The number of carbonyl (C=O) groups is 2. The van der Waals surface area contributed by atoms with Gasteiger partial charge in [-0.25, -0.2) is 9.59 Å². The van der Waals surface area contributed by atoms with Gasteiger partial charge in [-0.3, -0.25) is 0 Å². The maximum Gasteiger partial charge on any atom is 0.407 e. The lowest BCUT2D eigenvalue weighted by Gasteiger charge is -2.17. The van der Waals surface area contributed by atoms with E-state index in [4.69, 9.17) is 18.9 Å². The van der Waals surface area contributed by atoms with E-state index in [1.165, 1.54) is 18.2 Å². The zero-order chi connectivity index (χ0) is 21.6. The minimum atomic E-state index is -0.581. The Hall–Kier alpha value is -3.36. The lowest BCUT2D eigenvalue weighted by Crippen LogP contribution is -2.37. The highest BCUT2D eigenvalue weighted by Crippen LogP contribution is 2.30. The third-order valence-corrected chi connectivity index (χ3v) is 5.07. The summed E-state index contributed by atoms with van der Waals surface area (Å²) < 4.78 is 22.3. The Morgan fingerprint density at radius 2 is 1.61 bits per heavy atom. The molecule has 0 aromatic heterocycles. The van der Waals surface area contributed by atoms with Crippen molar-refractivity contribution in [3.63, 3.8) is 0 Å². The van der Waals surface area contributed by atoms with Gasteiger partial charge >= 0.3 is 12.1 Å². The van der Waals surface area contributed by atoms with Crippen LogP contribution in [0, 0.1) is 0 Å². The highest BCUT2D eigenvalue weighted by atomic mass is 16.7. The molecule has 2 aliphatic heterocycles. The van der Waals surface area contributed by atoms with Gasteiger partial charge in [-0.2, -0.15) is 0 Å². The number of benzene rings is 2. The number of phenolic OH excluding ortho intramolecular Hbond substituents is 1. The van der Waals surface area contributed by atoms with E-state index in [0.29, 0.717) is 6.54 Å². The Labute approximate surface area is 179 Å². The van der Waals surface area contributed by atoms with Gasteiger partial charge in [0, 0.05) is 12.6 Å². The molecule has 162 valence electrons. The Kier molecular flexibility index (Phi) is 6.49. The number of carbonyl (C=O) groups excluding carboxylic acids is 2. The number of nitrogens with one attached hydrogen (secondary N) is 1. The van der Waals surface area contributed by atoms with Gasteiger partial charge in [0.15, 0.2) is 12.2 Å². The SMILES string of the molecule is O=C(/C=C/c1ccc(O)cc1)O[C@@H]1CO[C@H]2[C@@H]1OC[C@@H]2OC(=O)NCc1ccccc1. The molecular weight excluding hydrogens is 402 g/mol. The van der Waals surface area contributed by atoms with E-state index in [0.717, 1.165) is 11.1 Å². The standard InChI is InChI=1S/C23H23NO7/c25-17-9-6-15(7-10-17)8-11-20(26)30-18-13-28-22-19(14-29-21(18)22)31-23(27)24-12-16-4-2-1-3-5-16/h1-11,18-19,21-22,25H,12-14H2,(H,24,27)/b11-8+/t18-,19+,21-,22-/m1/s1. The zero-order valence-corrected chi connectivity index (χ0v) is 16.7. The van der Waals surface area contributed by atoms with Crippen molar-refractivity contribution in [3.05, 3.63) is 71.8 Å². The van der Waals surface area contributed by atoms with Crippen LogP contribution < -0.4 is 5.32 Å². The largest absolute Gasteiger partial charge is 0.508 e. The van der Waals surface area contributed by atoms with Crippen molar-refractivity contribution < 1.29 is 33.6 Å². The summed E-state index contributed by atoms with van der Waals surface area (Å²) in [4.78, 5) is 24.2. The Balaban J connectivity index is 1.24. The van der Waals surface area contributed by atoms with E-state index >= 15 is 0 Å². The number of aromatic hydroxyl groups is 1. The minimum Gasteiger partial charge on any atom is -0.508 e. The molecule has 0 unspecified atom stereocenters. The topological polar surface area (TPSA) is 103 Å². The number of ether oxygens (including phenoxy) is 4. The molecule has 2 N–H and O–H groups in total. The molecule has 0 saturated carbocycles. The molecule has 2 saturated heterocycles. The number of alkyl carbamates (subject to hydrolysis) is 1. The Bertz CT molecular complexity index is 929. The van der Waals surface area contributed by atoms with E-state index in [9.17, 15) is 14.7 Å². The number of hydrogen-bond acceptors (Lipinski definition) is 7. The van der Waals surface area contributed by atoms with Crippen LogP contribution >= 0.6 is 0 Å². The smallest absolute Gasteiger partial charge is 0.407 e. The number of esters is 1. The minimum absolute atomic E-state index is 0.151. The number of phenols is 1. The summed E-state index contributed by atoms with van der Waals surface area (Å²) >= 11 is 0. The number of fused-ring (bicyclic) bond motifs is 1. The van der Waals surface area contributed by atoms with Crippen LogP contribution in [0.3, 0.4) is 0 Å². The second-order valence-corrected chi connectivity index (χ2v) is 7.28. The van der Waals surface area contributed by atoms with Crippen molar-refractivity contribution in [3.8, 4) is 5.75 Å². The molecule has 0 aliphatic carbocycles. The third-order valence-electron chi connectivity index (χ3n) is 5.07. The summed E-state index contributed by atoms with van der Waals surface area (Å²) in [6.45, 7) is 0.695. The normalized spacial score (nSPS) is 24.6. The van der Waals surface area contributed by atoms with Crippen LogP contribution in [-0.4, -0.2) is 54.8 Å². The van der Waals surface area contributed by atoms with Crippen LogP contribution in [0.15, 0.2) is 60.7 Å². The van der Waals surface area contributed by atoms with Crippen LogP contribution in [0.4, 0.5) is 4.79 Å². The molecule has 0 radical (unpaired) electrons. The van der Waals surface area contributed by atoms with Crippen molar-refractivity contribution in [2.24, 2.45) is 0 Å². The summed E-state index contributed by atoms with van der Waals surface area (Å²) in [6, 6.07) is 15.9.